The highest BCUT2D eigenvalue weighted by Crippen LogP contribution is 2.43. The number of rotatable bonds is 8. The maximum Gasteiger partial charge on any atom is 0.269 e. The van der Waals surface area contributed by atoms with E-state index in [-0.39, 0.29) is 23.5 Å². The molecule has 0 spiro atoms. The van der Waals surface area contributed by atoms with Crippen LogP contribution in [0.5, 0.6) is 0 Å². The monoisotopic (exact) mass is 595 g/mol. The number of furan rings is 1. The lowest BCUT2D eigenvalue weighted by atomic mass is 10.0. The van der Waals surface area contributed by atoms with E-state index in [4.69, 9.17) is 16.6 Å². The number of nitro groups is 2. The van der Waals surface area contributed by atoms with Crippen LogP contribution in [0.2, 0.25) is 0 Å². The Morgan fingerprint density at radius 3 is 2.02 bits per heavy atom. The molecule has 0 bridgehead atoms. The van der Waals surface area contributed by atoms with E-state index >= 15 is 0 Å². The van der Waals surface area contributed by atoms with E-state index in [0.29, 0.717) is 22.2 Å². The zero-order chi connectivity index (χ0) is 29.2. The second-order valence-corrected chi connectivity index (χ2v) is 10.9. The summed E-state index contributed by atoms with van der Waals surface area (Å²) >= 11 is 7.31. The van der Waals surface area contributed by atoms with Gasteiger partial charge in [0, 0.05) is 51.5 Å². The van der Waals surface area contributed by atoms with Crippen LogP contribution < -0.4 is 10.2 Å². The molecule has 1 aliphatic rings. The van der Waals surface area contributed by atoms with E-state index in [1.165, 1.54) is 36.0 Å². The van der Waals surface area contributed by atoms with Crippen LogP contribution in [-0.2, 0) is 0 Å². The summed E-state index contributed by atoms with van der Waals surface area (Å²) in [5, 5.41) is 25.9. The van der Waals surface area contributed by atoms with Crippen molar-refractivity contribution in [1.82, 2.24) is 10.3 Å². The lowest BCUT2D eigenvalue weighted by molar-refractivity contribution is -0.385. The third-order valence-corrected chi connectivity index (χ3v) is 8.11. The quantitative estimate of drug-likeness (QED) is 0.109. The van der Waals surface area contributed by atoms with E-state index in [2.05, 4.69) is 10.3 Å². The van der Waals surface area contributed by atoms with Crippen LogP contribution in [0.15, 0.2) is 124 Å². The minimum atomic E-state index is -0.437. The Labute approximate surface area is 249 Å². The van der Waals surface area contributed by atoms with Crippen molar-refractivity contribution < 1.29 is 14.3 Å². The number of nitrogens with zero attached hydrogens (tertiary/aromatic N) is 4. The smallest absolute Gasteiger partial charge is 0.269 e. The lowest BCUT2D eigenvalue weighted by Gasteiger charge is -2.26. The van der Waals surface area contributed by atoms with Gasteiger partial charge in [0.15, 0.2) is 5.11 Å². The highest BCUT2D eigenvalue weighted by atomic mass is 32.2. The first-order valence-electron chi connectivity index (χ1n) is 12.7. The molecule has 0 amide bonds. The normalized spacial score (nSPS) is 16.3. The van der Waals surface area contributed by atoms with Gasteiger partial charge >= 0.3 is 0 Å². The van der Waals surface area contributed by atoms with Crippen molar-refractivity contribution in [2.75, 3.05) is 4.90 Å². The summed E-state index contributed by atoms with van der Waals surface area (Å²) < 4.78 is 6.34. The Morgan fingerprint density at radius 2 is 1.43 bits per heavy atom. The predicted molar refractivity (Wildman–Crippen MR) is 162 cm³/mol. The largest absolute Gasteiger partial charge is 0.459 e. The summed E-state index contributed by atoms with van der Waals surface area (Å²) in [6.45, 7) is 0. The molecule has 0 unspecified atom stereocenters. The molecule has 5 aromatic rings. The van der Waals surface area contributed by atoms with Crippen LogP contribution in [0.3, 0.4) is 0 Å². The second-order valence-electron chi connectivity index (χ2n) is 9.35. The fourth-order valence-corrected chi connectivity index (χ4v) is 5.95. The van der Waals surface area contributed by atoms with Crippen molar-refractivity contribution >= 4 is 46.2 Å². The van der Waals surface area contributed by atoms with Gasteiger partial charge in [-0.15, -0.1) is 0 Å². The van der Waals surface area contributed by atoms with Crippen LogP contribution in [0.4, 0.5) is 17.1 Å². The van der Waals surface area contributed by atoms with Crippen molar-refractivity contribution in [3.8, 4) is 11.3 Å². The van der Waals surface area contributed by atoms with Gasteiger partial charge in [0.05, 0.1) is 21.6 Å². The van der Waals surface area contributed by atoms with Gasteiger partial charge in [0.1, 0.15) is 17.6 Å². The van der Waals surface area contributed by atoms with Crippen molar-refractivity contribution in [3.05, 3.63) is 141 Å². The molecule has 208 valence electrons. The predicted octanol–water partition coefficient (Wildman–Crippen LogP) is 7.49. The van der Waals surface area contributed by atoms with Crippen LogP contribution >= 0.6 is 24.0 Å². The fraction of sp³-hybridized carbons (Fsp3) is 0.0667. The number of hydrogen-bond acceptors (Lipinski definition) is 8. The van der Waals surface area contributed by atoms with Crippen molar-refractivity contribution in [1.29, 1.82) is 0 Å². The summed E-state index contributed by atoms with van der Waals surface area (Å²) in [7, 11) is 0. The molecular formula is C30H21N5O5S2. The summed E-state index contributed by atoms with van der Waals surface area (Å²) in [6.07, 6.45) is 1.73. The summed E-state index contributed by atoms with van der Waals surface area (Å²) in [6, 6.07) is 29.3. The van der Waals surface area contributed by atoms with Gasteiger partial charge in [-0.1, -0.05) is 17.8 Å². The Bertz CT molecular complexity index is 1760. The molecule has 12 heteroatoms. The standard InChI is InChI=1S/C30H21N5O5S2/c36-34(37)21-6-4-19(5-7-21)26-16-17-27(40-26)29-28(25-3-1-2-18-31-25)32-30(41)33(29)20-8-12-23(13-9-20)42-24-14-10-22(11-15-24)35(38)39/h1-18,28-29H,(H,32,41)/t28-,29+/m0/s1. The molecule has 0 radical (unpaired) electrons. The molecule has 10 nitrogen and oxygen atoms in total. The van der Waals surface area contributed by atoms with E-state index in [1.54, 1.807) is 30.5 Å². The maximum atomic E-state index is 11.1. The molecular weight excluding hydrogens is 574 g/mol. The zero-order valence-corrected chi connectivity index (χ0v) is 23.3. The Balaban J connectivity index is 1.31. The highest BCUT2D eigenvalue weighted by Gasteiger charge is 2.42. The van der Waals surface area contributed by atoms with Crippen LogP contribution in [0.1, 0.15) is 23.5 Å². The average Bonchev–Trinajstić information content (AvgIpc) is 3.63. The molecule has 1 fully saturated rings. The number of non-ortho nitro benzene ring substituents is 2. The molecule has 42 heavy (non-hydrogen) atoms. The zero-order valence-electron chi connectivity index (χ0n) is 21.7. The van der Waals surface area contributed by atoms with E-state index in [1.807, 2.05) is 59.5 Å². The molecule has 1 saturated heterocycles. The number of anilines is 1. The molecule has 0 aliphatic carbocycles. The van der Waals surface area contributed by atoms with Crippen LogP contribution in [0, 0.1) is 20.2 Å². The van der Waals surface area contributed by atoms with Crippen molar-refractivity contribution in [3.63, 3.8) is 0 Å². The first-order chi connectivity index (χ1) is 20.4. The van der Waals surface area contributed by atoms with E-state index in [9.17, 15) is 20.2 Å². The topological polar surface area (TPSA) is 128 Å². The molecule has 6 rings (SSSR count). The summed E-state index contributed by atoms with van der Waals surface area (Å²) in [5.74, 6) is 1.22. The van der Waals surface area contributed by atoms with Crippen molar-refractivity contribution in [2.24, 2.45) is 0 Å². The molecule has 2 aromatic heterocycles. The Kier molecular flexibility index (Phi) is 7.38. The second kappa shape index (κ2) is 11.4. The maximum absolute atomic E-state index is 11.1. The number of pyridine rings is 1. The molecule has 0 saturated carbocycles. The van der Waals surface area contributed by atoms with Crippen LogP contribution in [0.25, 0.3) is 11.3 Å². The third kappa shape index (κ3) is 5.45. The van der Waals surface area contributed by atoms with Gasteiger partial charge in [-0.05, 0) is 85.0 Å². The van der Waals surface area contributed by atoms with Gasteiger partial charge in [0.25, 0.3) is 11.4 Å². The van der Waals surface area contributed by atoms with Gasteiger partial charge < -0.3 is 14.6 Å². The lowest BCUT2D eigenvalue weighted by Crippen LogP contribution is -2.29. The SMILES string of the molecule is O=[N+]([O-])c1ccc(Sc2ccc(N3C(=S)N[C@@H](c4ccccn4)[C@H]3c3ccc(-c4ccc([N+](=O)[O-])cc4)o3)cc2)cc1. The number of benzene rings is 3. The Morgan fingerprint density at radius 1 is 0.810 bits per heavy atom. The first-order valence-corrected chi connectivity index (χ1v) is 14.0. The highest BCUT2D eigenvalue weighted by molar-refractivity contribution is 7.99. The van der Waals surface area contributed by atoms with Gasteiger partial charge in [-0.25, -0.2) is 0 Å². The molecule has 2 atom stereocenters. The summed E-state index contributed by atoms with van der Waals surface area (Å²) in [5.41, 5.74) is 2.41. The minimum absolute atomic E-state index is 0.00690. The Hall–Kier alpha value is -5.07. The van der Waals surface area contributed by atoms with Crippen LogP contribution in [-0.4, -0.2) is 19.9 Å². The number of nitro benzene ring substituents is 2. The third-order valence-electron chi connectivity index (χ3n) is 6.78. The molecule has 3 heterocycles. The first kappa shape index (κ1) is 27.1. The van der Waals surface area contributed by atoms with E-state index < -0.39 is 9.85 Å². The van der Waals surface area contributed by atoms with Gasteiger partial charge in [-0.3, -0.25) is 25.2 Å². The van der Waals surface area contributed by atoms with Gasteiger partial charge in [-0.2, -0.15) is 0 Å². The number of aromatic nitrogens is 1. The molecule has 1 aliphatic heterocycles. The minimum Gasteiger partial charge on any atom is -0.459 e. The number of thiocarbonyl (C=S) groups is 1. The fourth-order valence-electron chi connectivity index (χ4n) is 4.78. The number of hydrogen-bond donors (Lipinski definition) is 1. The van der Waals surface area contributed by atoms with Crippen molar-refractivity contribution in [2.45, 2.75) is 21.9 Å². The molecule has 1 N–H and O–H groups in total. The van der Waals surface area contributed by atoms with E-state index in [0.717, 1.165) is 21.2 Å². The summed E-state index contributed by atoms with van der Waals surface area (Å²) in [4.78, 5) is 29.6. The number of nitrogens with one attached hydrogen (secondary N) is 1. The van der Waals surface area contributed by atoms with Gasteiger partial charge in [0.2, 0.25) is 0 Å². The average molecular weight is 596 g/mol. The molecule has 3 aromatic carbocycles.